The average Bonchev–Trinajstić information content (AvgIpc) is 3.08. The zero-order valence-electron chi connectivity index (χ0n) is 12.8. The van der Waals surface area contributed by atoms with Gasteiger partial charge in [-0.3, -0.25) is 14.4 Å². The normalized spacial score (nSPS) is 16.8. The summed E-state index contributed by atoms with van der Waals surface area (Å²) in [7, 11) is 0. The molecule has 0 atom stereocenters. The summed E-state index contributed by atoms with van der Waals surface area (Å²) in [6.45, 7) is 0. The molecule has 0 unspecified atom stereocenters. The van der Waals surface area contributed by atoms with Crippen LogP contribution in [0, 0.1) is 0 Å². The fraction of sp³-hybridized carbons (Fsp3) is 0.444. The van der Waals surface area contributed by atoms with Gasteiger partial charge in [0.25, 0.3) is 0 Å². The number of aromatic nitrogens is 1. The molecular formula is C18H22N2OS. The highest BCUT2D eigenvalue weighted by molar-refractivity contribution is 7.07. The number of carbonyl (C=O) groups is 1. The number of thiophene rings is 1. The Morgan fingerprint density at radius 3 is 2.86 bits per heavy atom. The average molecular weight is 314 g/mol. The summed E-state index contributed by atoms with van der Waals surface area (Å²) in [5.41, 5.74) is 2.05. The number of hydrogen-bond donors (Lipinski definition) is 0. The van der Waals surface area contributed by atoms with Crippen molar-refractivity contribution in [2.24, 2.45) is 4.99 Å². The highest BCUT2D eigenvalue weighted by Crippen LogP contribution is 2.19. The quantitative estimate of drug-likeness (QED) is 0.838. The van der Waals surface area contributed by atoms with Crippen LogP contribution in [0.2, 0.25) is 0 Å². The predicted octanol–water partition coefficient (Wildman–Crippen LogP) is 4.06. The third kappa shape index (κ3) is 3.95. The first kappa shape index (κ1) is 15.2. The van der Waals surface area contributed by atoms with Crippen molar-refractivity contribution in [2.45, 2.75) is 51.0 Å². The van der Waals surface area contributed by atoms with Gasteiger partial charge in [-0.25, -0.2) is 0 Å². The first-order chi connectivity index (χ1) is 10.8. The lowest BCUT2D eigenvalue weighted by Gasteiger charge is -2.17. The van der Waals surface area contributed by atoms with Crippen LogP contribution < -0.4 is 5.49 Å². The number of nitrogens with zero attached hydrogens (tertiary/aromatic N) is 2. The zero-order valence-corrected chi connectivity index (χ0v) is 13.6. The molecule has 0 aliphatic heterocycles. The van der Waals surface area contributed by atoms with Crippen molar-refractivity contribution in [1.82, 2.24) is 4.57 Å². The van der Waals surface area contributed by atoms with Crippen LogP contribution in [0.25, 0.3) is 0 Å². The number of carbonyl (C=O) groups excluding carboxylic acids is 1. The van der Waals surface area contributed by atoms with E-state index in [1.54, 1.807) is 15.9 Å². The van der Waals surface area contributed by atoms with E-state index in [9.17, 15) is 4.79 Å². The molecule has 1 aliphatic carbocycles. The number of aryl methyl sites for hydroxylation is 1. The van der Waals surface area contributed by atoms with Gasteiger partial charge in [0.1, 0.15) is 5.49 Å². The van der Waals surface area contributed by atoms with E-state index in [1.807, 2.05) is 24.4 Å². The SMILES string of the molecule is O=C(CCc1ccsc1)n1ccccc1=NC1CCCCC1. The van der Waals surface area contributed by atoms with Crippen LogP contribution >= 0.6 is 11.3 Å². The molecule has 3 nitrogen and oxygen atoms in total. The van der Waals surface area contributed by atoms with E-state index < -0.39 is 0 Å². The van der Waals surface area contributed by atoms with Crippen LogP contribution in [-0.4, -0.2) is 16.5 Å². The summed E-state index contributed by atoms with van der Waals surface area (Å²) >= 11 is 1.68. The largest absolute Gasteiger partial charge is 0.274 e. The Morgan fingerprint density at radius 1 is 1.23 bits per heavy atom. The summed E-state index contributed by atoms with van der Waals surface area (Å²) < 4.78 is 1.72. The van der Waals surface area contributed by atoms with Crippen molar-refractivity contribution in [2.75, 3.05) is 0 Å². The molecule has 0 radical (unpaired) electrons. The Labute approximate surface area is 135 Å². The summed E-state index contributed by atoms with van der Waals surface area (Å²) in [4.78, 5) is 17.3. The molecular weight excluding hydrogens is 292 g/mol. The fourth-order valence-electron chi connectivity index (χ4n) is 2.95. The zero-order chi connectivity index (χ0) is 15.2. The highest BCUT2D eigenvalue weighted by Gasteiger charge is 2.12. The third-order valence-electron chi connectivity index (χ3n) is 4.20. The first-order valence-corrected chi connectivity index (χ1v) is 9.03. The summed E-state index contributed by atoms with van der Waals surface area (Å²) in [5, 5.41) is 4.16. The first-order valence-electron chi connectivity index (χ1n) is 8.09. The van der Waals surface area contributed by atoms with Crippen LogP contribution in [0.15, 0.2) is 46.2 Å². The molecule has 22 heavy (non-hydrogen) atoms. The summed E-state index contributed by atoms with van der Waals surface area (Å²) in [5.74, 6) is 0.126. The summed E-state index contributed by atoms with van der Waals surface area (Å²) in [6, 6.07) is 8.29. The predicted molar refractivity (Wildman–Crippen MR) is 90.1 cm³/mol. The molecule has 0 amide bonds. The maximum atomic E-state index is 12.5. The maximum Gasteiger partial charge on any atom is 0.232 e. The van der Waals surface area contributed by atoms with Gasteiger partial charge < -0.3 is 0 Å². The van der Waals surface area contributed by atoms with E-state index in [2.05, 4.69) is 16.8 Å². The lowest BCUT2D eigenvalue weighted by atomic mass is 9.96. The summed E-state index contributed by atoms with van der Waals surface area (Å²) in [6.07, 6.45) is 9.31. The van der Waals surface area contributed by atoms with Gasteiger partial charge in [0, 0.05) is 12.6 Å². The molecule has 1 fully saturated rings. The fourth-order valence-corrected chi connectivity index (χ4v) is 3.66. The van der Waals surface area contributed by atoms with Crippen LogP contribution in [-0.2, 0) is 6.42 Å². The Morgan fingerprint density at radius 2 is 2.09 bits per heavy atom. The highest BCUT2D eigenvalue weighted by atomic mass is 32.1. The smallest absolute Gasteiger partial charge is 0.232 e. The van der Waals surface area contributed by atoms with Crippen molar-refractivity contribution in [3.63, 3.8) is 0 Å². The molecule has 2 aromatic rings. The van der Waals surface area contributed by atoms with Gasteiger partial charge in [-0.1, -0.05) is 25.3 Å². The van der Waals surface area contributed by atoms with Crippen LogP contribution in [0.4, 0.5) is 0 Å². The molecule has 1 aliphatic rings. The maximum absolute atomic E-state index is 12.5. The van der Waals surface area contributed by atoms with E-state index in [-0.39, 0.29) is 5.91 Å². The van der Waals surface area contributed by atoms with Gasteiger partial charge >= 0.3 is 0 Å². The second-order valence-electron chi connectivity index (χ2n) is 5.88. The minimum absolute atomic E-state index is 0.126. The minimum atomic E-state index is 0.126. The van der Waals surface area contributed by atoms with Crippen LogP contribution in [0.3, 0.4) is 0 Å². The molecule has 3 rings (SSSR count). The number of pyridine rings is 1. The Bertz CT molecular complexity index is 666. The van der Waals surface area contributed by atoms with E-state index in [0.29, 0.717) is 12.5 Å². The lowest BCUT2D eigenvalue weighted by molar-refractivity contribution is 0.0897. The molecule has 0 saturated heterocycles. The van der Waals surface area contributed by atoms with Gasteiger partial charge in [0.2, 0.25) is 5.91 Å². The van der Waals surface area contributed by atoms with Crippen LogP contribution in [0.5, 0.6) is 0 Å². The second-order valence-corrected chi connectivity index (χ2v) is 6.66. The number of rotatable bonds is 4. The minimum Gasteiger partial charge on any atom is -0.274 e. The van der Waals surface area contributed by atoms with Gasteiger partial charge in [0.05, 0.1) is 6.04 Å². The topological polar surface area (TPSA) is 34.4 Å². The van der Waals surface area contributed by atoms with Gasteiger partial charge in [-0.05, 0) is 53.8 Å². The molecule has 2 aromatic heterocycles. The van der Waals surface area contributed by atoms with Gasteiger partial charge in [-0.15, -0.1) is 0 Å². The van der Waals surface area contributed by atoms with E-state index in [1.165, 1.54) is 24.8 Å². The van der Waals surface area contributed by atoms with E-state index in [0.717, 1.165) is 24.8 Å². The van der Waals surface area contributed by atoms with Crippen molar-refractivity contribution in [1.29, 1.82) is 0 Å². The van der Waals surface area contributed by atoms with Gasteiger partial charge in [0.15, 0.2) is 0 Å². The molecule has 0 bridgehead atoms. The molecule has 0 spiro atoms. The molecule has 0 aromatic carbocycles. The monoisotopic (exact) mass is 314 g/mol. The molecule has 2 heterocycles. The van der Waals surface area contributed by atoms with Crippen molar-refractivity contribution >= 4 is 17.2 Å². The standard InChI is InChI=1S/C18H22N2OS/c21-18(10-9-15-11-13-22-14-15)20-12-5-4-8-17(20)19-16-6-2-1-3-7-16/h4-5,8,11-14,16H,1-3,6-7,9-10H2. The molecule has 116 valence electrons. The molecule has 1 saturated carbocycles. The Balaban J connectivity index is 1.75. The molecule has 0 N–H and O–H groups in total. The van der Waals surface area contributed by atoms with E-state index >= 15 is 0 Å². The van der Waals surface area contributed by atoms with Gasteiger partial charge in [-0.2, -0.15) is 11.3 Å². The van der Waals surface area contributed by atoms with Crippen molar-refractivity contribution in [3.8, 4) is 0 Å². The number of hydrogen-bond acceptors (Lipinski definition) is 3. The van der Waals surface area contributed by atoms with Crippen molar-refractivity contribution in [3.05, 3.63) is 52.3 Å². The lowest BCUT2D eigenvalue weighted by Crippen LogP contribution is -2.29. The second kappa shape index (κ2) is 7.54. The Kier molecular flexibility index (Phi) is 5.22. The van der Waals surface area contributed by atoms with Crippen LogP contribution in [0.1, 0.15) is 48.9 Å². The van der Waals surface area contributed by atoms with Crippen molar-refractivity contribution < 1.29 is 4.79 Å². The van der Waals surface area contributed by atoms with E-state index in [4.69, 9.17) is 4.99 Å². The molecule has 4 heteroatoms. The Hall–Kier alpha value is -1.68. The third-order valence-corrected chi connectivity index (χ3v) is 4.94.